The molecule has 0 atom stereocenters. The molecular formula is C50H29N5. The maximum atomic E-state index is 10.2. The molecule has 254 valence electrons. The van der Waals surface area contributed by atoms with E-state index in [0.29, 0.717) is 11.3 Å². The Kier molecular flexibility index (Phi) is 6.61. The third-order valence-corrected chi connectivity index (χ3v) is 11.1. The summed E-state index contributed by atoms with van der Waals surface area (Å²) >= 11 is 0. The van der Waals surface area contributed by atoms with Crippen LogP contribution in [0, 0.1) is 17.9 Å². The molecule has 3 heterocycles. The van der Waals surface area contributed by atoms with Gasteiger partial charge in [0.25, 0.3) is 0 Å². The van der Waals surface area contributed by atoms with E-state index in [1.807, 2.05) is 30.3 Å². The first-order valence-corrected chi connectivity index (χ1v) is 18.3. The van der Waals surface area contributed by atoms with Crippen LogP contribution in [0.25, 0.3) is 98.5 Å². The van der Waals surface area contributed by atoms with Crippen molar-refractivity contribution in [1.29, 1.82) is 5.26 Å². The monoisotopic (exact) mass is 699 g/mol. The van der Waals surface area contributed by atoms with Gasteiger partial charge in [-0.1, -0.05) is 103 Å². The minimum absolute atomic E-state index is 0.576. The lowest BCUT2D eigenvalue weighted by Gasteiger charge is -2.16. The van der Waals surface area contributed by atoms with Crippen molar-refractivity contribution in [3.8, 4) is 34.3 Å². The number of para-hydroxylation sites is 4. The molecule has 0 radical (unpaired) electrons. The fourth-order valence-corrected chi connectivity index (χ4v) is 8.76. The second-order valence-corrected chi connectivity index (χ2v) is 13.9. The third kappa shape index (κ3) is 4.45. The molecule has 0 aliphatic carbocycles. The van der Waals surface area contributed by atoms with Crippen LogP contribution in [0.3, 0.4) is 0 Å². The highest BCUT2D eigenvalue weighted by Crippen LogP contribution is 2.43. The number of nitrogens with zero attached hydrogens (tertiary/aromatic N) is 5. The molecule has 5 nitrogen and oxygen atoms in total. The number of aromatic nitrogens is 3. The normalized spacial score (nSPS) is 11.6. The van der Waals surface area contributed by atoms with Gasteiger partial charge in [-0.15, -0.1) is 0 Å². The van der Waals surface area contributed by atoms with Gasteiger partial charge in [-0.05, 0) is 83.7 Å². The lowest BCUT2D eigenvalue weighted by molar-refractivity contribution is 1.16. The number of benzene rings is 8. The van der Waals surface area contributed by atoms with E-state index in [2.05, 4.69) is 170 Å². The van der Waals surface area contributed by atoms with Gasteiger partial charge in [0, 0.05) is 38.2 Å². The van der Waals surface area contributed by atoms with Crippen LogP contribution in [0.15, 0.2) is 176 Å². The Morgan fingerprint density at radius 2 is 0.964 bits per heavy atom. The Morgan fingerprint density at radius 1 is 0.436 bits per heavy atom. The quantitative estimate of drug-likeness (QED) is 0.169. The van der Waals surface area contributed by atoms with Gasteiger partial charge in [-0.2, -0.15) is 5.26 Å². The summed E-state index contributed by atoms with van der Waals surface area (Å²) < 4.78 is 6.94. The highest BCUT2D eigenvalue weighted by atomic mass is 15.0. The van der Waals surface area contributed by atoms with Crippen molar-refractivity contribution in [1.82, 2.24) is 13.7 Å². The molecule has 0 amide bonds. The molecule has 11 aromatic rings. The van der Waals surface area contributed by atoms with Crippen molar-refractivity contribution >= 4 is 71.1 Å². The maximum absolute atomic E-state index is 10.2. The number of fused-ring (bicyclic) bond motifs is 9. The summed E-state index contributed by atoms with van der Waals surface area (Å²) in [6.07, 6.45) is 0. The van der Waals surface area contributed by atoms with Crippen molar-refractivity contribution < 1.29 is 0 Å². The summed E-state index contributed by atoms with van der Waals surface area (Å²) in [5.74, 6) is 0. The molecule has 8 aromatic carbocycles. The Morgan fingerprint density at radius 3 is 1.55 bits per heavy atom. The average Bonchev–Trinajstić information content (AvgIpc) is 3.89. The van der Waals surface area contributed by atoms with Crippen LogP contribution in [-0.2, 0) is 0 Å². The summed E-state index contributed by atoms with van der Waals surface area (Å²) in [6, 6.07) is 63.6. The summed E-state index contributed by atoms with van der Waals surface area (Å²) in [5, 5.41) is 17.1. The molecule has 0 aliphatic heterocycles. The van der Waals surface area contributed by atoms with Crippen LogP contribution < -0.4 is 0 Å². The van der Waals surface area contributed by atoms with E-state index < -0.39 is 0 Å². The first-order chi connectivity index (χ1) is 27.2. The predicted molar refractivity (Wildman–Crippen MR) is 226 cm³/mol. The van der Waals surface area contributed by atoms with E-state index in [-0.39, 0.29) is 0 Å². The average molecular weight is 700 g/mol. The molecular weight excluding hydrogens is 671 g/mol. The van der Waals surface area contributed by atoms with Crippen molar-refractivity contribution in [3.05, 3.63) is 193 Å². The zero-order valence-corrected chi connectivity index (χ0v) is 29.5. The summed E-state index contributed by atoms with van der Waals surface area (Å²) in [7, 11) is 0. The molecule has 0 saturated carbocycles. The first-order valence-electron chi connectivity index (χ1n) is 18.3. The van der Waals surface area contributed by atoms with Crippen molar-refractivity contribution in [3.63, 3.8) is 0 Å². The minimum atomic E-state index is 0.576. The van der Waals surface area contributed by atoms with Crippen molar-refractivity contribution in [2.24, 2.45) is 0 Å². The molecule has 0 spiro atoms. The van der Waals surface area contributed by atoms with Gasteiger partial charge in [0.05, 0.1) is 62.7 Å². The van der Waals surface area contributed by atoms with E-state index in [4.69, 9.17) is 6.57 Å². The Balaban J connectivity index is 1.17. The van der Waals surface area contributed by atoms with Crippen LogP contribution in [0.5, 0.6) is 0 Å². The van der Waals surface area contributed by atoms with Gasteiger partial charge < -0.3 is 13.7 Å². The number of rotatable bonds is 4. The van der Waals surface area contributed by atoms with Gasteiger partial charge in [-0.25, -0.2) is 4.85 Å². The molecule has 0 saturated heterocycles. The van der Waals surface area contributed by atoms with Gasteiger partial charge >= 0.3 is 0 Å². The molecule has 0 bridgehead atoms. The van der Waals surface area contributed by atoms with Crippen LogP contribution in [0.2, 0.25) is 0 Å². The lowest BCUT2D eigenvalue weighted by atomic mass is 10.0. The zero-order chi connectivity index (χ0) is 36.6. The first kappa shape index (κ1) is 30.7. The second-order valence-electron chi connectivity index (χ2n) is 13.9. The van der Waals surface area contributed by atoms with Gasteiger partial charge in [0.2, 0.25) is 0 Å². The Hall–Kier alpha value is -7.86. The molecule has 0 unspecified atom stereocenters. The standard InChI is InChI=1S/C50H29N5/c1-52-34-24-28-46-41(30-34)50-47(54-44-17-8-4-13-39(44)40-14-5-9-18-45(40)54)19-10-20-48(50)55(46)49-29-32(31-51)21-27-36(49)33-22-25-35(26-23-33)53-42-15-6-2-11-37(42)38-12-3-7-16-43(38)53/h2-30H. The minimum Gasteiger partial charge on any atom is -0.309 e. The Labute approximate surface area is 316 Å². The highest BCUT2D eigenvalue weighted by molar-refractivity contribution is 6.17. The molecule has 5 heteroatoms. The van der Waals surface area contributed by atoms with Crippen LogP contribution in [0.1, 0.15) is 5.56 Å². The second kappa shape index (κ2) is 11.8. The van der Waals surface area contributed by atoms with Gasteiger partial charge in [0.1, 0.15) is 0 Å². The molecule has 55 heavy (non-hydrogen) atoms. The summed E-state index contributed by atoms with van der Waals surface area (Å²) in [6.45, 7) is 7.94. The van der Waals surface area contributed by atoms with Crippen LogP contribution in [-0.4, -0.2) is 13.7 Å². The molecule has 11 rings (SSSR count). The van der Waals surface area contributed by atoms with Gasteiger partial charge in [0.15, 0.2) is 5.69 Å². The fraction of sp³-hybridized carbons (Fsp3) is 0. The van der Waals surface area contributed by atoms with E-state index >= 15 is 0 Å². The predicted octanol–water partition coefficient (Wildman–Crippen LogP) is 13.1. The molecule has 0 N–H and O–H groups in total. The number of nitriles is 1. The SMILES string of the molecule is [C-]#[N+]c1ccc2c(c1)c1c(-n3c4ccccc4c4ccccc43)cccc1n2-c1cc(C#N)ccc1-c1ccc(-n2c3ccccc3c3ccccc32)cc1. The van der Waals surface area contributed by atoms with Crippen LogP contribution >= 0.6 is 0 Å². The number of hydrogen-bond donors (Lipinski definition) is 0. The zero-order valence-electron chi connectivity index (χ0n) is 29.5. The van der Waals surface area contributed by atoms with Crippen molar-refractivity contribution in [2.45, 2.75) is 0 Å². The van der Waals surface area contributed by atoms with Gasteiger partial charge in [-0.3, -0.25) is 0 Å². The van der Waals surface area contributed by atoms with Crippen LogP contribution in [0.4, 0.5) is 5.69 Å². The van der Waals surface area contributed by atoms with E-state index in [1.165, 1.54) is 32.6 Å². The van der Waals surface area contributed by atoms with E-state index in [0.717, 1.165) is 61.0 Å². The smallest absolute Gasteiger partial charge is 0.188 e. The molecule has 0 aliphatic rings. The fourth-order valence-electron chi connectivity index (χ4n) is 8.76. The molecule has 3 aromatic heterocycles. The third-order valence-electron chi connectivity index (χ3n) is 11.1. The van der Waals surface area contributed by atoms with Crippen molar-refractivity contribution in [2.75, 3.05) is 0 Å². The maximum Gasteiger partial charge on any atom is 0.188 e. The summed E-state index contributed by atoms with van der Waals surface area (Å²) in [4.78, 5) is 3.85. The topological polar surface area (TPSA) is 42.9 Å². The van der Waals surface area contributed by atoms with E-state index in [1.54, 1.807) is 0 Å². The lowest BCUT2D eigenvalue weighted by Crippen LogP contribution is -2.00. The largest absolute Gasteiger partial charge is 0.309 e. The number of hydrogen-bond acceptors (Lipinski definition) is 1. The highest BCUT2D eigenvalue weighted by Gasteiger charge is 2.22. The summed E-state index contributed by atoms with van der Waals surface area (Å²) in [5.41, 5.74) is 12.7. The van der Waals surface area contributed by atoms with E-state index in [9.17, 15) is 5.26 Å². The Bertz CT molecular complexity index is 3350. The molecule has 0 fully saturated rings.